The molecule has 0 saturated carbocycles. The molecule has 0 heterocycles. The summed E-state index contributed by atoms with van der Waals surface area (Å²) < 4.78 is 94.9. The number of allylic oxidation sites excluding steroid dienone is 4. The van der Waals surface area contributed by atoms with E-state index in [9.17, 15) is 30.7 Å². The monoisotopic (exact) mass is 548 g/mol. The first-order valence-electron chi connectivity index (χ1n) is 12.7. The van der Waals surface area contributed by atoms with E-state index < -0.39 is 29.7 Å². The molecule has 0 aromatic heterocycles. The Morgan fingerprint density at radius 3 is 1.82 bits per heavy atom. The van der Waals surface area contributed by atoms with Crippen molar-refractivity contribution in [2.24, 2.45) is 5.92 Å². The van der Waals surface area contributed by atoms with Gasteiger partial charge in [0.05, 0.1) is 0 Å². The van der Waals surface area contributed by atoms with Gasteiger partial charge in [-0.1, -0.05) is 80.1 Å². The lowest BCUT2D eigenvalue weighted by Gasteiger charge is -2.20. The van der Waals surface area contributed by atoms with Crippen molar-refractivity contribution in [1.29, 1.82) is 0 Å². The molecule has 0 fully saturated rings. The maximum Gasteiger partial charge on any atom is 0.527 e. The molecule has 1 nitrogen and oxygen atoms in total. The molecule has 3 aromatic rings. The summed E-state index contributed by atoms with van der Waals surface area (Å²) in [6.07, 6.45) is -0.388. The van der Waals surface area contributed by atoms with Gasteiger partial charge in [-0.25, -0.2) is 13.5 Å². The summed E-state index contributed by atoms with van der Waals surface area (Å²) in [7, 11) is 0. The first kappa shape index (κ1) is 28.6. The lowest BCUT2D eigenvalue weighted by Crippen LogP contribution is -2.29. The SMILES string of the molecule is CCC[C@@H]1C=CC(c2ccc(-c3ccc(CCc4cc(F)c(C(F)(F)OC(F)(F)F)c(F)c4)cc3)cc2)=CC1. The third kappa shape index (κ3) is 7.38. The normalized spacial score (nSPS) is 15.9. The molecule has 1 aliphatic carbocycles. The van der Waals surface area contributed by atoms with Gasteiger partial charge in [0.1, 0.15) is 17.2 Å². The van der Waals surface area contributed by atoms with Crippen molar-refractivity contribution < 1.29 is 35.5 Å². The molecule has 206 valence electrons. The zero-order valence-corrected chi connectivity index (χ0v) is 21.2. The first-order chi connectivity index (χ1) is 18.4. The van der Waals surface area contributed by atoms with Crippen LogP contribution < -0.4 is 0 Å². The fourth-order valence-electron chi connectivity index (χ4n) is 4.72. The molecular weight excluding hydrogens is 521 g/mol. The average molecular weight is 549 g/mol. The topological polar surface area (TPSA) is 9.23 Å². The number of benzene rings is 3. The minimum Gasteiger partial charge on any atom is -0.222 e. The second kappa shape index (κ2) is 11.8. The van der Waals surface area contributed by atoms with Gasteiger partial charge in [-0.3, -0.25) is 0 Å². The van der Waals surface area contributed by atoms with Crippen molar-refractivity contribution in [1.82, 2.24) is 0 Å². The first-order valence-corrected chi connectivity index (χ1v) is 12.7. The van der Waals surface area contributed by atoms with Gasteiger partial charge in [-0.2, -0.15) is 8.78 Å². The number of rotatable bonds is 9. The van der Waals surface area contributed by atoms with Crippen LogP contribution in [-0.2, 0) is 23.7 Å². The van der Waals surface area contributed by atoms with E-state index in [0.717, 1.165) is 28.7 Å². The zero-order valence-electron chi connectivity index (χ0n) is 21.2. The standard InChI is InChI=1S/C31H27F7O/c1-2-3-20-6-10-23(11-7-20)25-14-16-26(17-15-25)24-12-8-21(9-13-24)4-5-22-18-27(32)29(28(33)19-22)30(34,35)39-31(36,37)38/h6,8-20H,2-5,7H2,1H3/t20-/m1/s1. The molecule has 0 N–H and O–H groups in total. The summed E-state index contributed by atoms with van der Waals surface area (Å²) in [5, 5.41) is 0. The van der Waals surface area contributed by atoms with E-state index in [1.165, 1.54) is 18.4 Å². The number of aryl methyl sites for hydroxylation is 2. The van der Waals surface area contributed by atoms with Crippen LogP contribution in [0.2, 0.25) is 0 Å². The van der Waals surface area contributed by atoms with Gasteiger partial charge < -0.3 is 0 Å². The molecule has 0 amide bonds. The Bertz CT molecular complexity index is 1310. The summed E-state index contributed by atoms with van der Waals surface area (Å²) in [6.45, 7) is 2.19. The summed E-state index contributed by atoms with van der Waals surface area (Å²) >= 11 is 0. The lowest BCUT2D eigenvalue weighted by atomic mass is 9.90. The summed E-state index contributed by atoms with van der Waals surface area (Å²) in [5.41, 5.74) is 3.16. The van der Waals surface area contributed by atoms with Crippen LogP contribution in [0.15, 0.2) is 78.9 Å². The highest BCUT2D eigenvalue weighted by Gasteiger charge is 2.49. The Morgan fingerprint density at radius 1 is 0.769 bits per heavy atom. The van der Waals surface area contributed by atoms with Crippen LogP contribution in [0.25, 0.3) is 16.7 Å². The Labute approximate surface area is 222 Å². The quantitative estimate of drug-likeness (QED) is 0.242. The molecular formula is C31H27F7O. The molecule has 1 aliphatic rings. The molecule has 4 rings (SSSR count). The molecule has 0 saturated heterocycles. The number of halogens is 7. The smallest absolute Gasteiger partial charge is 0.222 e. The molecule has 3 aromatic carbocycles. The van der Waals surface area contributed by atoms with Crippen LogP contribution >= 0.6 is 0 Å². The van der Waals surface area contributed by atoms with Gasteiger partial charge in [-0.15, -0.1) is 13.2 Å². The molecule has 0 bridgehead atoms. The van der Waals surface area contributed by atoms with Crippen LogP contribution in [0.4, 0.5) is 30.7 Å². The van der Waals surface area contributed by atoms with Crippen molar-refractivity contribution in [3.63, 3.8) is 0 Å². The number of ether oxygens (including phenoxy) is 1. The number of hydrogen-bond acceptors (Lipinski definition) is 1. The van der Waals surface area contributed by atoms with Crippen LogP contribution in [-0.4, -0.2) is 6.36 Å². The van der Waals surface area contributed by atoms with E-state index in [4.69, 9.17) is 0 Å². The van der Waals surface area contributed by atoms with Gasteiger partial charge in [0, 0.05) is 0 Å². The van der Waals surface area contributed by atoms with Crippen LogP contribution in [0, 0.1) is 17.6 Å². The summed E-state index contributed by atoms with van der Waals surface area (Å²) in [5.74, 6) is -3.01. The second-order valence-electron chi connectivity index (χ2n) is 9.58. The van der Waals surface area contributed by atoms with Crippen LogP contribution in [0.5, 0.6) is 0 Å². The Kier molecular flexibility index (Phi) is 8.64. The van der Waals surface area contributed by atoms with E-state index in [0.29, 0.717) is 24.5 Å². The third-order valence-corrected chi connectivity index (χ3v) is 6.69. The second-order valence-corrected chi connectivity index (χ2v) is 9.58. The van der Waals surface area contributed by atoms with Gasteiger partial charge in [0.25, 0.3) is 0 Å². The molecule has 8 heteroatoms. The van der Waals surface area contributed by atoms with Gasteiger partial charge in [0.2, 0.25) is 0 Å². The van der Waals surface area contributed by atoms with E-state index in [2.05, 4.69) is 42.0 Å². The fourth-order valence-corrected chi connectivity index (χ4v) is 4.72. The Morgan fingerprint density at radius 2 is 1.31 bits per heavy atom. The minimum absolute atomic E-state index is 0.0308. The van der Waals surface area contributed by atoms with Gasteiger partial charge in [0.15, 0.2) is 0 Å². The van der Waals surface area contributed by atoms with Crippen molar-refractivity contribution in [3.8, 4) is 11.1 Å². The maximum atomic E-state index is 14.2. The fraction of sp³-hybridized carbons (Fsp3) is 0.290. The van der Waals surface area contributed by atoms with E-state index in [1.54, 1.807) is 0 Å². The Balaban J connectivity index is 1.38. The average Bonchev–Trinajstić information content (AvgIpc) is 2.87. The van der Waals surface area contributed by atoms with Gasteiger partial charge in [-0.05, 0) is 77.1 Å². The summed E-state index contributed by atoms with van der Waals surface area (Å²) in [6, 6.07) is 17.0. The molecule has 1 atom stereocenters. The van der Waals surface area contributed by atoms with E-state index >= 15 is 0 Å². The zero-order chi connectivity index (χ0) is 28.2. The lowest BCUT2D eigenvalue weighted by molar-refractivity contribution is -0.432. The largest absolute Gasteiger partial charge is 0.527 e. The van der Waals surface area contributed by atoms with Crippen LogP contribution in [0.3, 0.4) is 0 Å². The molecule has 0 unspecified atom stereocenters. The van der Waals surface area contributed by atoms with Crippen LogP contribution in [0.1, 0.15) is 48.4 Å². The number of alkyl halides is 5. The molecule has 0 spiro atoms. The number of hydrogen-bond donors (Lipinski definition) is 0. The van der Waals surface area contributed by atoms with E-state index in [1.807, 2.05) is 36.4 Å². The molecule has 0 aliphatic heterocycles. The summed E-state index contributed by atoms with van der Waals surface area (Å²) in [4.78, 5) is 0. The highest BCUT2D eigenvalue weighted by atomic mass is 19.4. The predicted molar refractivity (Wildman–Crippen MR) is 137 cm³/mol. The highest BCUT2D eigenvalue weighted by Crippen LogP contribution is 2.39. The molecule has 0 radical (unpaired) electrons. The molecule has 39 heavy (non-hydrogen) atoms. The van der Waals surface area contributed by atoms with Crippen molar-refractivity contribution in [3.05, 3.63) is 113 Å². The van der Waals surface area contributed by atoms with E-state index in [-0.39, 0.29) is 12.0 Å². The minimum atomic E-state index is -5.77. The highest BCUT2D eigenvalue weighted by molar-refractivity contribution is 5.77. The maximum absolute atomic E-state index is 14.2. The van der Waals surface area contributed by atoms with Crippen molar-refractivity contribution in [2.45, 2.75) is 51.5 Å². The Hall–Kier alpha value is -3.39. The third-order valence-electron chi connectivity index (χ3n) is 6.69. The van der Waals surface area contributed by atoms with Crippen molar-refractivity contribution >= 4 is 5.57 Å². The van der Waals surface area contributed by atoms with Gasteiger partial charge >= 0.3 is 12.5 Å². The van der Waals surface area contributed by atoms with Crippen molar-refractivity contribution in [2.75, 3.05) is 0 Å². The predicted octanol–water partition coefficient (Wildman–Crippen LogP) is 9.76.